The quantitative estimate of drug-likeness (QED) is 0.710. The van der Waals surface area contributed by atoms with Gasteiger partial charge in [-0.25, -0.2) is 4.79 Å². The molecule has 1 fully saturated rings. The Labute approximate surface area is 106 Å². The molecule has 1 aliphatic heterocycles. The number of hydrogen-bond acceptors (Lipinski definition) is 4. The number of esters is 1. The Hall–Kier alpha value is -1.39. The predicted molar refractivity (Wildman–Crippen MR) is 64.4 cm³/mol. The van der Waals surface area contributed by atoms with Crippen molar-refractivity contribution in [1.82, 2.24) is 0 Å². The van der Waals surface area contributed by atoms with Crippen LogP contribution in [0, 0.1) is 0 Å². The van der Waals surface area contributed by atoms with Crippen LogP contribution in [0.15, 0.2) is 18.2 Å². The van der Waals surface area contributed by atoms with E-state index in [1.54, 1.807) is 6.07 Å². The average Bonchev–Trinajstić information content (AvgIpc) is 2.85. The van der Waals surface area contributed by atoms with Gasteiger partial charge in [0.2, 0.25) is 0 Å². The molecule has 1 spiro atoms. The molecule has 0 atom stereocenters. The van der Waals surface area contributed by atoms with Gasteiger partial charge >= 0.3 is 5.97 Å². The lowest BCUT2D eigenvalue weighted by Gasteiger charge is -2.33. The maximum Gasteiger partial charge on any atom is 0.338 e. The largest absolute Gasteiger partial charge is 0.465 e. The zero-order valence-electron chi connectivity index (χ0n) is 10.4. The van der Waals surface area contributed by atoms with Crippen LogP contribution in [-0.4, -0.2) is 32.1 Å². The summed E-state index contributed by atoms with van der Waals surface area (Å²) in [5.41, 5.74) is 2.84. The van der Waals surface area contributed by atoms with Crippen molar-refractivity contribution in [3.63, 3.8) is 0 Å². The van der Waals surface area contributed by atoms with Crippen LogP contribution in [0.2, 0.25) is 0 Å². The van der Waals surface area contributed by atoms with Gasteiger partial charge in [-0.2, -0.15) is 0 Å². The molecule has 4 heteroatoms. The van der Waals surface area contributed by atoms with Gasteiger partial charge in [-0.1, -0.05) is 12.1 Å². The van der Waals surface area contributed by atoms with Gasteiger partial charge < -0.3 is 14.2 Å². The molecule has 0 aromatic heterocycles. The molecule has 0 amide bonds. The molecule has 0 N–H and O–H groups in total. The fraction of sp³-hybridized carbons (Fsp3) is 0.500. The van der Waals surface area contributed by atoms with Crippen molar-refractivity contribution < 1.29 is 19.0 Å². The summed E-state index contributed by atoms with van der Waals surface area (Å²) < 4.78 is 16.3. The number of methoxy groups -OCH3 is 1. The highest BCUT2D eigenvalue weighted by Crippen LogP contribution is 2.36. The monoisotopic (exact) mass is 248 g/mol. The normalized spacial score (nSPS) is 20.7. The van der Waals surface area contributed by atoms with E-state index in [0.717, 1.165) is 18.4 Å². The van der Waals surface area contributed by atoms with Gasteiger partial charge in [0.1, 0.15) is 0 Å². The maximum atomic E-state index is 11.8. The SMILES string of the molecule is COC(=O)c1cccc2c1CC1(CC2)OCCO1. The number of benzene rings is 1. The third kappa shape index (κ3) is 1.82. The number of ether oxygens (including phenoxy) is 3. The van der Waals surface area contributed by atoms with Crippen LogP contribution in [0.25, 0.3) is 0 Å². The van der Waals surface area contributed by atoms with E-state index in [1.807, 2.05) is 6.07 Å². The summed E-state index contributed by atoms with van der Waals surface area (Å²) in [5, 5.41) is 0. The third-order valence-electron chi connectivity index (χ3n) is 3.71. The Morgan fingerprint density at radius 3 is 2.83 bits per heavy atom. The van der Waals surface area contributed by atoms with E-state index in [2.05, 4.69) is 6.07 Å². The number of hydrogen-bond donors (Lipinski definition) is 0. The second-order valence-corrected chi connectivity index (χ2v) is 4.72. The van der Waals surface area contributed by atoms with Crippen molar-refractivity contribution in [3.8, 4) is 0 Å². The number of rotatable bonds is 1. The smallest absolute Gasteiger partial charge is 0.338 e. The molecule has 4 nitrogen and oxygen atoms in total. The summed E-state index contributed by atoms with van der Waals surface area (Å²) >= 11 is 0. The van der Waals surface area contributed by atoms with Crippen LogP contribution < -0.4 is 0 Å². The molecule has 1 heterocycles. The van der Waals surface area contributed by atoms with Crippen LogP contribution in [0.1, 0.15) is 27.9 Å². The lowest BCUT2D eigenvalue weighted by atomic mass is 9.84. The van der Waals surface area contributed by atoms with Gasteiger partial charge in [0.25, 0.3) is 0 Å². The number of aryl methyl sites for hydroxylation is 1. The minimum Gasteiger partial charge on any atom is -0.465 e. The summed E-state index contributed by atoms with van der Waals surface area (Å²) in [7, 11) is 1.41. The van der Waals surface area contributed by atoms with E-state index in [0.29, 0.717) is 25.2 Å². The Balaban J connectivity index is 1.99. The molecular formula is C14H16O4. The minimum atomic E-state index is -0.517. The highest BCUT2D eigenvalue weighted by molar-refractivity contribution is 5.91. The molecule has 0 saturated carbocycles. The average molecular weight is 248 g/mol. The zero-order chi connectivity index (χ0) is 12.6. The molecule has 2 aliphatic rings. The molecule has 0 bridgehead atoms. The molecule has 18 heavy (non-hydrogen) atoms. The van der Waals surface area contributed by atoms with Crippen LogP contribution in [0.4, 0.5) is 0 Å². The molecule has 1 aromatic carbocycles. The van der Waals surface area contributed by atoms with Crippen molar-refractivity contribution in [2.24, 2.45) is 0 Å². The maximum absolute atomic E-state index is 11.8. The van der Waals surface area contributed by atoms with Crippen LogP contribution in [0.5, 0.6) is 0 Å². The summed E-state index contributed by atoms with van der Waals surface area (Å²) in [6.45, 7) is 1.27. The van der Waals surface area contributed by atoms with Gasteiger partial charge in [-0.15, -0.1) is 0 Å². The fourth-order valence-corrected chi connectivity index (χ4v) is 2.81. The molecule has 0 unspecified atom stereocenters. The summed E-state index contributed by atoms with van der Waals surface area (Å²) in [6, 6.07) is 5.77. The Morgan fingerprint density at radius 2 is 2.11 bits per heavy atom. The molecule has 96 valence electrons. The van der Waals surface area contributed by atoms with E-state index in [9.17, 15) is 4.79 Å². The van der Waals surface area contributed by atoms with Gasteiger partial charge in [0, 0.05) is 12.8 Å². The van der Waals surface area contributed by atoms with Crippen molar-refractivity contribution in [2.75, 3.05) is 20.3 Å². The number of carbonyl (C=O) groups excluding carboxylic acids is 1. The van der Waals surface area contributed by atoms with E-state index < -0.39 is 5.79 Å². The highest BCUT2D eigenvalue weighted by atomic mass is 16.7. The van der Waals surface area contributed by atoms with Crippen LogP contribution in [0.3, 0.4) is 0 Å². The van der Waals surface area contributed by atoms with Gasteiger partial charge in [-0.3, -0.25) is 0 Å². The first-order valence-corrected chi connectivity index (χ1v) is 6.21. The zero-order valence-corrected chi connectivity index (χ0v) is 10.4. The standard InChI is InChI=1S/C14H16O4/c1-16-13(15)11-4-2-3-10-5-6-14(9-12(10)11)17-7-8-18-14/h2-4H,5-9H2,1H3. The first-order valence-electron chi connectivity index (χ1n) is 6.21. The third-order valence-corrected chi connectivity index (χ3v) is 3.71. The molecule has 1 aliphatic carbocycles. The first kappa shape index (κ1) is 11.7. The van der Waals surface area contributed by atoms with E-state index >= 15 is 0 Å². The molecule has 1 saturated heterocycles. The van der Waals surface area contributed by atoms with Crippen LogP contribution in [-0.2, 0) is 27.1 Å². The topological polar surface area (TPSA) is 44.8 Å². The minimum absolute atomic E-state index is 0.290. The number of fused-ring (bicyclic) bond motifs is 1. The highest BCUT2D eigenvalue weighted by Gasteiger charge is 2.41. The lowest BCUT2D eigenvalue weighted by Crippen LogP contribution is -2.37. The summed E-state index contributed by atoms with van der Waals surface area (Å²) in [4.78, 5) is 11.8. The predicted octanol–water partition coefficient (Wildman–Crippen LogP) is 1.70. The lowest BCUT2D eigenvalue weighted by molar-refractivity contribution is -0.163. The van der Waals surface area contributed by atoms with E-state index in [4.69, 9.17) is 14.2 Å². The van der Waals surface area contributed by atoms with Crippen molar-refractivity contribution in [3.05, 3.63) is 34.9 Å². The van der Waals surface area contributed by atoms with Crippen molar-refractivity contribution in [2.45, 2.75) is 25.0 Å². The number of carbonyl (C=O) groups is 1. The van der Waals surface area contributed by atoms with Gasteiger partial charge in [0.15, 0.2) is 5.79 Å². The van der Waals surface area contributed by atoms with Gasteiger partial charge in [0.05, 0.1) is 25.9 Å². The van der Waals surface area contributed by atoms with Crippen molar-refractivity contribution >= 4 is 5.97 Å². The molecule has 3 rings (SSSR count). The molecular weight excluding hydrogens is 232 g/mol. The van der Waals surface area contributed by atoms with E-state index in [1.165, 1.54) is 12.7 Å². The summed E-state index contributed by atoms with van der Waals surface area (Å²) in [6.07, 6.45) is 2.36. The fourth-order valence-electron chi connectivity index (χ4n) is 2.81. The second kappa shape index (κ2) is 4.37. The Bertz CT molecular complexity index is 475. The Morgan fingerprint density at radius 1 is 1.33 bits per heavy atom. The molecule has 1 aromatic rings. The van der Waals surface area contributed by atoms with Crippen molar-refractivity contribution in [1.29, 1.82) is 0 Å². The second-order valence-electron chi connectivity index (χ2n) is 4.72. The molecule has 0 radical (unpaired) electrons. The first-order chi connectivity index (χ1) is 8.74. The Kier molecular flexibility index (Phi) is 2.84. The summed E-state index contributed by atoms with van der Waals surface area (Å²) in [5.74, 6) is -0.807. The van der Waals surface area contributed by atoms with Gasteiger partial charge in [-0.05, 0) is 23.6 Å². The van der Waals surface area contributed by atoms with Crippen LogP contribution >= 0.6 is 0 Å². The van der Waals surface area contributed by atoms with E-state index in [-0.39, 0.29) is 5.97 Å².